The molecule has 1 heterocycles. The van der Waals surface area contributed by atoms with Crippen LogP contribution in [0, 0.1) is 0 Å². The van der Waals surface area contributed by atoms with Crippen LogP contribution in [0.1, 0.15) is 39.1 Å². The zero-order valence-electron chi connectivity index (χ0n) is 21.6. The van der Waals surface area contributed by atoms with Gasteiger partial charge in [0.15, 0.2) is 11.0 Å². The molecule has 7 nitrogen and oxygen atoms in total. The lowest BCUT2D eigenvalue weighted by molar-refractivity contribution is -0.113. The van der Waals surface area contributed by atoms with Gasteiger partial charge in [-0.2, -0.15) is 0 Å². The Morgan fingerprint density at radius 2 is 1.57 bits per heavy atom. The van der Waals surface area contributed by atoms with Crippen molar-refractivity contribution < 1.29 is 14.3 Å². The van der Waals surface area contributed by atoms with Gasteiger partial charge in [0, 0.05) is 11.4 Å². The molecule has 1 N–H and O–H groups in total. The van der Waals surface area contributed by atoms with E-state index in [1.807, 2.05) is 90.4 Å². The smallest absolute Gasteiger partial charge is 0.234 e. The normalized spacial score (nSPS) is 11.2. The zero-order chi connectivity index (χ0) is 26.3. The number of aromatic nitrogens is 3. The highest BCUT2D eigenvalue weighted by Crippen LogP contribution is 2.30. The fourth-order valence-electron chi connectivity index (χ4n) is 3.83. The zero-order valence-corrected chi connectivity index (χ0v) is 22.4. The van der Waals surface area contributed by atoms with Crippen molar-refractivity contribution in [3.63, 3.8) is 0 Å². The summed E-state index contributed by atoms with van der Waals surface area (Å²) in [7, 11) is 0. The van der Waals surface area contributed by atoms with Crippen LogP contribution in [0.5, 0.6) is 11.5 Å². The Morgan fingerprint density at radius 3 is 2.27 bits per heavy atom. The van der Waals surface area contributed by atoms with Crippen LogP contribution in [0.25, 0.3) is 5.69 Å². The first-order chi connectivity index (χ1) is 17.8. The number of ether oxygens (including phenoxy) is 2. The maximum Gasteiger partial charge on any atom is 0.234 e. The van der Waals surface area contributed by atoms with Crippen LogP contribution in [-0.4, -0.2) is 33.0 Å². The first kappa shape index (κ1) is 26.3. The second-order valence-corrected chi connectivity index (χ2v) is 10.3. The Hall–Kier alpha value is -3.78. The fraction of sp³-hybridized carbons (Fsp3) is 0.276. The lowest BCUT2D eigenvalue weighted by Crippen LogP contribution is -2.20. The van der Waals surface area contributed by atoms with Gasteiger partial charge < -0.3 is 14.8 Å². The molecule has 37 heavy (non-hydrogen) atoms. The minimum Gasteiger partial charge on any atom is -0.494 e. The molecule has 0 aliphatic heterocycles. The number of nitrogens with one attached hydrogen (secondary N) is 1. The highest BCUT2D eigenvalue weighted by atomic mass is 32.2. The van der Waals surface area contributed by atoms with Crippen molar-refractivity contribution in [3.05, 3.63) is 90.3 Å². The number of thioether (sulfide) groups is 1. The van der Waals surface area contributed by atoms with E-state index in [1.165, 1.54) is 11.8 Å². The molecule has 0 bridgehead atoms. The van der Waals surface area contributed by atoms with Gasteiger partial charge in [0.1, 0.15) is 18.1 Å². The summed E-state index contributed by atoms with van der Waals surface area (Å²) >= 11 is 1.33. The van der Waals surface area contributed by atoms with Crippen molar-refractivity contribution >= 4 is 23.4 Å². The van der Waals surface area contributed by atoms with E-state index in [2.05, 4.69) is 36.3 Å². The third-order valence-corrected chi connectivity index (χ3v) is 6.49. The maximum atomic E-state index is 12.9. The number of rotatable bonds is 10. The summed E-state index contributed by atoms with van der Waals surface area (Å²) in [5.41, 5.74) is 2.69. The molecule has 0 saturated carbocycles. The summed E-state index contributed by atoms with van der Waals surface area (Å²) in [5.74, 6) is 2.24. The van der Waals surface area contributed by atoms with Gasteiger partial charge in [0.25, 0.3) is 0 Å². The number of benzene rings is 3. The Balaban J connectivity index is 1.53. The lowest BCUT2D eigenvalue weighted by Gasteiger charge is -2.23. The molecule has 1 aromatic heterocycles. The minimum atomic E-state index is -0.106. The molecule has 192 valence electrons. The van der Waals surface area contributed by atoms with Crippen molar-refractivity contribution in [2.24, 2.45) is 0 Å². The van der Waals surface area contributed by atoms with Gasteiger partial charge in [-0.25, -0.2) is 0 Å². The van der Waals surface area contributed by atoms with Crippen LogP contribution in [0.3, 0.4) is 0 Å². The van der Waals surface area contributed by atoms with Crippen LogP contribution in [0.15, 0.2) is 84.0 Å². The van der Waals surface area contributed by atoms with E-state index < -0.39 is 0 Å². The molecule has 4 rings (SSSR count). The number of para-hydroxylation sites is 2. The summed E-state index contributed by atoms with van der Waals surface area (Å²) in [5, 5.41) is 12.4. The van der Waals surface area contributed by atoms with Gasteiger partial charge in [0.05, 0.1) is 12.4 Å². The Labute approximate surface area is 222 Å². The molecule has 1 amide bonds. The van der Waals surface area contributed by atoms with Crippen LogP contribution < -0.4 is 14.8 Å². The molecule has 4 aromatic rings. The topological polar surface area (TPSA) is 78.3 Å². The average Bonchev–Trinajstić information content (AvgIpc) is 3.30. The number of amides is 1. The van der Waals surface area contributed by atoms with E-state index in [1.54, 1.807) is 0 Å². The highest BCUT2D eigenvalue weighted by Gasteiger charge is 2.20. The molecule has 3 aromatic carbocycles. The number of anilines is 1. The van der Waals surface area contributed by atoms with Crippen molar-refractivity contribution in [3.8, 4) is 17.2 Å². The molecular formula is C29H32N4O3S. The predicted octanol–water partition coefficient (Wildman–Crippen LogP) is 6.27. The quantitative estimate of drug-likeness (QED) is 0.250. The molecule has 0 radical (unpaired) electrons. The first-order valence-corrected chi connectivity index (χ1v) is 13.2. The summed E-state index contributed by atoms with van der Waals surface area (Å²) in [6.07, 6.45) is 0. The van der Waals surface area contributed by atoms with E-state index in [9.17, 15) is 4.79 Å². The van der Waals surface area contributed by atoms with Crippen molar-refractivity contribution in [2.45, 2.75) is 44.9 Å². The molecule has 0 aliphatic carbocycles. The second-order valence-electron chi connectivity index (χ2n) is 9.40. The number of nitrogens with zero attached hydrogens (tertiary/aromatic N) is 3. The van der Waals surface area contributed by atoms with Crippen molar-refractivity contribution in [2.75, 3.05) is 17.7 Å². The van der Waals surface area contributed by atoms with E-state index in [4.69, 9.17) is 9.47 Å². The van der Waals surface area contributed by atoms with Crippen LogP contribution in [0.2, 0.25) is 0 Å². The standard InChI is InChI=1S/C29H32N4O3S/c1-5-35-23-17-15-21(16-18-23)33-26(19-36-22-11-7-6-8-12-22)31-32-28(33)37-20-27(34)30-25-14-10-9-13-24(25)29(2,3)4/h6-18H,5,19-20H2,1-4H3,(H,30,34). The molecule has 0 spiro atoms. The summed E-state index contributed by atoms with van der Waals surface area (Å²) < 4.78 is 13.4. The Bertz CT molecular complexity index is 1320. The largest absolute Gasteiger partial charge is 0.494 e. The Kier molecular flexibility index (Phi) is 8.50. The van der Waals surface area contributed by atoms with Gasteiger partial charge in [-0.3, -0.25) is 9.36 Å². The SMILES string of the molecule is CCOc1ccc(-n2c(COc3ccccc3)nnc2SCC(=O)Nc2ccccc2C(C)(C)C)cc1. The summed E-state index contributed by atoms with van der Waals surface area (Å²) in [6.45, 7) is 9.17. The van der Waals surface area contributed by atoms with Crippen LogP contribution in [-0.2, 0) is 16.8 Å². The van der Waals surface area contributed by atoms with E-state index in [0.717, 1.165) is 28.4 Å². The molecule has 0 aliphatic rings. The average molecular weight is 517 g/mol. The number of hydrogen-bond donors (Lipinski definition) is 1. The minimum absolute atomic E-state index is 0.0848. The molecule has 0 fully saturated rings. The van der Waals surface area contributed by atoms with Crippen molar-refractivity contribution in [1.29, 1.82) is 0 Å². The molecule has 0 unspecified atom stereocenters. The van der Waals surface area contributed by atoms with Gasteiger partial charge >= 0.3 is 0 Å². The third kappa shape index (κ3) is 6.92. The summed E-state index contributed by atoms with van der Waals surface area (Å²) in [6, 6.07) is 25.2. The fourth-order valence-corrected chi connectivity index (χ4v) is 4.60. The Morgan fingerprint density at radius 1 is 0.892 bits per heavy atom. The van der Waals surface area contributed by atoms with Crippen LogP contribution >= 0.6 is 11.8 Å². The van der Waals surface area contributed by atoms with Crippen LogP contribution in [0.4, 0.5) is 5.69 Å². The third-order valence-electron chi connectivity index (χ3n) is 5.56. The molecule has 0 atom stereocenters. The molecule has 8 heteroatoms. The predicted molar refractivity (Wildman–Crippen MR) is 148 cm³/mol. The van der Waals surface area contributed by atoms with Crippen molar-refractivity contribution in [1.82, 2.24) is 14.8 Å². The number of carbonyl (C=O) groups is 1. The monoisotopic (exact) mass is 516 g/mol. The van der Waals surface area contributed by atoms with E-state index in [-0.39, 0.29) is 23.7 Å². The number of hydrogen-bond acceptors (Lipinski definition) is 6. The van der Waals surface area contributed by atoms with E-state index in [0.29, 0.717) is 17.6 Å². The highest BCUT2D eigenvalue weighted by molar-refractivity contribution is 7.99. The molecule has 0 saturated heterocycles. The van der Waals surface area contributed by atoms with Gasteiger partial charge in [-0.15, -0.1) is 10.2 Å². The molecular weight excluding hydrogens is 484 g/mol. The van der Waals surface area contributed by atoms with Gasteiger partial charge in [0.2, 0.25) is 5.91 Å². The first-order valence-electron chi connectivity index (χ1n) is 12.2. The number of carbonyl (C=O) groups excluding carboxylic acids is 1. The van der Waals surface area contributed by atoms with E-state index >= 15 is 0 Å². The maximum absolute atomic E-state index is 12.9. The lowest BCUT2D eigenvalue weighted by atomic mass is 9.86. The van der Waals surface area contributed by atoms with Gasteiger partial charge in [-0.1, -0.05) is 68.9 Å². The second kappa shape index (κ2) is 12.0. The summed E-state index contributed by atoms with van der Waals surface area (Å²) in [4.78, 5) is 12.9. The van der Waals surface area contributed by atoms with Gasteiger partial charge in [-0.05, 0) is 60.4 Å².